The van der Waals surface area contributed by atoms with Gasteiger partial charge in [-0.2, -0.15) is 0 Å². The summed E-state index contributed by atoms with van der Waals surface area (Å²) in [7, 11) is -3.30. The first-order valence-corrected chi connectivity index (χ1v) is 11.1. The van der Waals surface area contributed by atoms with Crippen molar-refractivity contribution in [2.45, 2.75) is 19.4 Å². The van der Waals surface area contributed by atoms with Crippen molar-refractivity contribution in [1.29, 1.82) is 0 Å². The maximum Gasteiger partial charge on any atom is 0.229 e. The van der Waals surface area contributed by atoms with Crippen LogP contribution in [0.4, 0.5) is 11.4 Å². The topological polar surface area (TPSA) is 66.7 Å². The molecule has 136 valence electrons. The first kappa shape index (κ1) is 17.4. The van der Waals surface area contributed by atoms with Gasteiger partial charge in [0.2, 0.25) is 10.0 Å². The van der Waals surface area contributed by atoms with Crippen LogP contribution in [0.1, 0.15) is 17.7 Å². The molecule has 0 aliphatic carbocycles. The lowest BCUT2D eigenvalue weighted by Gasteiger charge is -2.32. The molecule has 0 fully saturated rings. The van der Waals surface area contributed by atoms with Gasteiger partial charge in [-0.25, -0.2) is 13.4 Å². The third-order valence-corrected chi connectivity index (χ3v) is 5.52. The van der Waals surface area contributed by atoms with E-state index in [0.29, 0.717) is 12.2 Å². The number of pyridine rings is 1. The minimum atomic E-state index is -3.30. The van der Waals surface area contributed by atoms with Gasteiger partial charge in [0.15, 0.2) is 0 Å². The fourth-order valence-electron chi connectivity index (χ4n) is 3.45. The van der Waals surface area contributed by atoms with E-state index in [1.807, 2.05) is 47.1 Å². The number of sulfonamides is 1. The highest BCUT2D eigenvalue weighted by Crippen LogP contribution is 2.34. The molecule has 2 aromatic heterocycles. The molecule has 3 heterocycles. The standard InChI is InChI=1S/C18H19BrN4O2S/c1-26(24,25)21-16-5-2-6-17-15(16)4-3-9-22(17)11-14-12-23-10-13(19)7-8-18(23)20-14/h2,5-8,10,12,21H,3-4,9,11H2,1H3. The summed E-state index contributed by atoms with van der Waals surface area (Å²) in [5, 5.41) is 0. The van der Waals surface area contributed by atoms with Gasteiger partial charge in [-0.05, 0) is 58.6 Å². The van der Waals surface area contributed by atoms with E-state index >= 15 is 0 Å². The molecule has 0 saturated heterocycles. The Balaban J connectivity index is 1.66. The number of benzene rings is 1. The van der Waals surface area contributed by atoms with Crippen LogP contribution in [0.15, 0.2) is 47.2 Å². The third kappa shape index (κ3) is 3.57. The fraction of sp³-hybridized carbons (Fsp3) is 0.278. The van der Waals surface area contributed by atoms with Crippen molar-refractivity contribution in [2.24, 2.45) is 0 Å². The normalized spacial score (nSPS) is 14.5. The molecule has 0 amide bonds. The zero-order valence-corrected chi connectivity index (χ0v) is 16.7. The van der Waals surface area contributed by atoms with Crippen molar-refractivity contribution >= 4 is 43.0 Å². The molecule has 6 nitrogen and oxygen atoms in total. The van der Waals surface area contributed by atoms with Crippen molar-refractivity contribution in [3.8, 4) is 0 Å². The van der Waals surface area contributed by atoms with Crippen molar-refractivity contribution < 1.29 is 8.42 Å². The molecule has 0 bridgehead atoms. The summed E-state index contributed by atoms with van der Waals surface area (Å²) in [6, 6.07) is 9.73. The van der Waals surface area contributed by atoms with Gasteiger partial charge < -0.3 is 9.30 Å². The van der Waals surface area contributed by atoms with Crippen LogP contribution >= 0.6 is 15.9 Å². The van der Waals surface area contributed by atoms with E-state index in [4.69, 9.17) is 4.98 Å². The Kier molecular flexibility index (Phi) is 4.40. The number of nitrogens with zero attached hydrogens (tertiary/aromatic N) is 3. The van der Waals surface area contributed by atoms with Crippen LogP contribution in [0.3, 0.4) is 0 Å². The van der Waals surface area contributed by atoms with Crippen molar-refractivity contribution in [3.63, 3.8) is 0 Å². The van der Waals surface area contributed by atoms with Crippen LogP contribution in [0, 0.1) is 0 Å². The molecular formula is C18H19BrN4O2S. The predicted molar refractivity (Wildman–Crippen MR) is 107 cm³/mol. The average Bonchev–Trinajstić information content (AvgIpc) is 2.96. The van der Waals surface area contributed by atoms with Gasteiger partial charge in [-0.1, -0.05) is 6.07 Å². The maximum atomic E-state index is 11.6. The number of hydrogen-bond acceptors (Lipinski definition) is 4. The number of nitrogens with one attached hydrogen (secondary N) is 1. The van der Waals surface area contributed by atoms with Gasteiger partial charge in [0.25, 0.3) is 0 Å². The van der Waals surface area contributed by atoms with Gasteiger partial charge in [0, 0.05) is 29.1 Å². The summed E-state index contributed by atoms with van der Waals surface area (Å²) in [5.74, 6) is 0. The summed E-state index contributed by atoms with van der Waals surface area (Å²) in [6.45, 7) is 1.61. The van der Waals surface area contributed by atoms with Gasteiger partial charge in [0.05, 0.1) is 24.2 Å². The zero-order chi connectivity index (χ0) is 18.3. The SMILES string of the molecule is CS(=O)(=O)Nc1cccc2c1CCCN2Cc1cn2cc(Br)ccc2n1. The van der Waals surface area contributed by atoms with Crippen LogP contribution < -0.4 is 9.62 Å². The number of anilines is 2. The van der Waals surface area contributed by atoms with E-state index in [2.05, 4.69) is 25.6 Å². The molecule has 0 radical (unpaired) electrons. The van der Waals surface area contributed by atoms with Gasteiger partial charge in [-0.3, -0.25) is 4.72 Å². The number of rotatable bonds is 4. The van der Waals surface area contributed by atoms with Gasteiger partial charge in [0.1, 0.15) is 5.65 Å². The molecule has 26 heavy (non-hydrogen) atoms. The monoisotopic (exact) mass is 434 g/mol. The highest BCUT2D eigenvalue weighted by atomic mass is 79.9. The molecule has 3 aromatic rings. The Hall–Kier alpha value is -2.06. The van der Waals surface area contributed by atoms with E-state index in [-0.39, 0.29) is 0 Å². The first-order chi connectivity index (χ1) is 12.4. The second-order valence-corrected chi connectivity index (χ2v) is 9.21. The molecule has 4 rings (SSSR count). The van der Waals surface area contributed by atoms with Crippen LogP contribution in [0.25, 0.3) is 5.65 Å². The highest BCUT2D eigenvalue weighted by Gasteiger charge is 2.21. The Bertz CT molecular complexity index is 1080. The summed E-state index contributed by atoms with van der Waals surface area (Å²) in [6.07, 6.45) is 7.05. The quantitative estimate of drug-likeness (QED) is 0.682. The number of imidazole rings is 1. The largest absolute Gasteiger partial charge is 0.365 e. The number of halogens is 1. The van der Waals surface area contributed by atoms with E-state index in [1.54, 1.807) is 0 Å². The van der Waals surface area contributed by atoms with E-state index < -0.39 is 10.0 Å². The lowest BCUT2D eigenvalue weighted by atomic mass is 10.00. The molecule has 0 unspecified atom stereocenters. The van der Waals surface area contributed by atoms with Crippen molar-refractivity contribution in [1.82, 2.24) is 9.38 Å². The average molecular weight is 435 g/mol. The van der Waals surface area contributed by atoms with Gasteiger partial charge >= 0.3 is 0 Å². The second kappa shape index (κ2) is 6.59. The molecule has 0 spiro atoms. The Morgan fingerprint density at radius 1 is 1.23 bits per heavy atom. The number of fused-ring (bicyclic) bond motifs is 2. The second-order valence-electron chi connectivity index (χ2n) is 6.55. The molecule has 1 aliphatic rings. The molecule has 0 saturated carbocycles. The molecule has 1 N–H and O–H groups in total. The summed E-state index contributed by atoms with van der Waals surface area (Å²) in [5.41, 5.74) is 4.69. The van der Waals surface area contributed by atoms with Crippen LogP contribution in [0.5, 0.6) is 0 Å². The predicted octanol–water partition coefficient (Wildman–Crippen LogP) is 3.42. The van der Waals surface area contributed by atoms with E-state index in [0.717, 1.165) is 46.5 Å². The van der Waals surface area contributed by atoms with E-state index in [1.165, 1.54) is 6.26 Å². The lowest BCUT2D eigenvalue weighted by molar-refractivity contribution is 0.606. The zero-order valence-electron chi connectivity index (χ0n) is 14.3. The fourth-order valence-corrected chi connectivity index (χ4v) is 4.39. The Morgan fingerprint density at radius 3 is 2.88 bits per heavy atom. The maximum absolute atomic E-state index is 11.6. The van der Waals surface area contributed by atoms with Crippen molar-refractivity contribution in [2.75, 3.05) is 22.4 Å². The van der Waals surface area contributed by atoms with Crippen LogP contribution in [0.2, 0.25) is 0 Å². The molecule has 1 aliphatic heterocycles. The lowest BCUT2D eigenvalue weighted by Crippen LogP contribution is -2.29. The molecular weight excluding hydrogens is 416 g/mol. The number of aromatic nitrogens is 2. The summed E-state index contributed by atoms with van der Waals surface area (Å²) < 4.78 is 28.9. The third-order valence-electron chi connectivity index (χ3n) is 4.46. The van der Waals surface area contributed by atoms with E-state index in [9.17, 15) is 8.42 Å². The van der Waals surface area contributed by atoms with Crippen LogP contribution in [-0.4, -0.2) is 30.6 Å². The Morgan fingerprint density at radius 2 is 2.08 bits per heavy atom. The molecule has 0 atom stereocenters. The Labute approximate surface area is 161 Å². The first-order valence-electron chi connectivity index (χ1n) is 8.37. The summed E-state index contributed by atoms with van der Waals surface area (Å²) >= 11 is 3.48. The minimum absolute atomic E-state index is 0.675. The summed E-state index contributed by atoms with van der Waals surface area (Å²) in [4.78, 5) is 6.96. The van der Waals surface area contributed by atoms with Crippen molar-refractivity contribution in [3.05, 3.63) is 58.5 Å². The molecule has 8 heteroatoms. The minimum Gasteiger partial charge on any atom is -0.365 e. The molecule has 1 aromatic carbocycles. The smallest absolute Gasteiger partial charge is 0.229 e. The van der Waals surface area contributed by atoms with Gasteiger partial charge in [-0.15, -0.1) is 0 Å². The highest BCUT2D eigenvalue weighted by molar-refractivity contribution is 9.10. The number of hydrogen-bond donors (Lipinski definition) is 1. The van der Waals surface area contributed by atoms with Crippen LogP contribution in [-0.2, 0) is 23.0 Å².